The van der Waals surface area contributed by atoms with Gasteiger partial charge in [-0.1, -0.05) is 30.3 Å². The Kier molecular flexibility index (Phi) is 8.31. The van der Waals surface area contributed by atoms with Gasteiger partial charge in [0.15, 0.2) is 5.78 Å². The van der Waals surface area contributed by atoms with Gasteiger partial charge in [0.25, 0.3) is 0 Å². The number of nitrogens with one attached hydrogen (secondary N) is 2. The summed E-state index contributed by atoms with van der Waals surface area (Å²) in [6.45, 7) is 4.32. The van der Waals surface area contributed by atoms with Gasteiger partial charge in [-0.25, -0.2) is 0 Å². The molecule has 1 aliphatic heterocycles. The van der Waals surface area contributed by atoms with Gasteiger partial charge in [-0.15, -0.1) is 0 Å². The SMILES string of the molecule is O=C(CCC(=O)c1ccc2c(c1)CCCC2)NNC(=O)CCN1CCN(c2ccccc2)CC1. The number of fused-ring (bicyclic) bond motifs is 1. The number of para-hydroxylation sites is 1. The van der Waals surface area contributed by atoms with Crippen LogP contribution in [-0.4, -0.2) is 55.2 Å². The number of anilines is 1. The van der Waals surface area contributed by atoms with Gasteiger partial charge in [0, 0.05) is 63.2 Å². The van der Waals surface area contributed by atoms with Crippen molar-refractivity contribution >= 4 is 23.3 Å². The fourth-order valence-electron chi connectivity index (χ4n) is 4.67. The van der Waals surface area contributed by atoms with Crippen molar-refractivity contribution in [3.63, 3.8) is 0 Å². The molecule has 7 heteroatoms. The average Bonchev–Trinajstić information content (AvgIpc) is 2.89. The minimum Gasteiger partial charge on any atom is -0.369 e. The summed E-state index contributed by atoms with van der Waals surface area (Å²) in [5, 5.41) is 0. The number of benzene rings is 2. The number of Topliss-reactive ketones (excluding diaryl/α,β-unsaturated/α-hetero) is 1. The van der Waals surface area contributed by atoms with Crippen LogP contribution in [0.25, 0.3) is 0 Å². The van der Waals surface area contributed by atoms with Crippen LogP contribution >= 0.6 is 0 Å². The van der Waals surface area contributed by atoms with Gasteiger partial charge in [0.2, 0.25) is 11.8 Å². The molecule has 0 saturated carbocycles. The molecule has 4 rings (SSSR count). The summed E-state index contributed by atoms with van der Waals surface area (Å²) >= 11 is 0. The number of carbonyl (C=O) groups is 3. The molecular weight excluding hydrogens is 428 g/mol. The van der Waals surface area contributed by atoms with E-state index in [1.54, 1.807) is 0 Å². The zero-order valence-corrected chi connectivity index (χ0v) is 19.7. The largest absolute Gasteiger partial charge is 0.369 e. The molecule has 0 unspecified atom stereocenters. The molecule has 1 heterocycles. The van der Waals surface area contributed by atoms with Gasteiger partial charge in [-0.05, 0) is 55.0 Å². The van der Waals surface area contributed by atoms with E-state index in [1.165, 1.54) is 23.2 Å². The van der Waals surface area contributed by atoms with E-state index >= 15 is 0 Å². The van der Waals surface area contributed by atoms with E-state index in [2.05, 4.69) is 32.8 Å². The molecule has 2 aromatic rings. The lowest BCUT2D eigenvalue weighted by molar-refractivity contribution is -0.129. The third-order valence-electron chi connectivity index (χ3n) is 6.74. The topological polar surface area (TPSA) is 81.8 Å². The van der Waals surface area contributed by atoms with Crippen LogP contribution < -0.4 is 15.8 Å². The second kappa shape index (κ2) is 11.8. The molecule has 34 heavy (non-hydrogen) atoms. The first-order valence-corrected chi connectivity index (χ1v) is 12.3. The van der Waals surface area contributed by atoms with Crippen molar-refractivity contribution in [2.75, 3.05) is 37.6 Å². The summed E-state index contributed by atoms with van der Waals surface area (Å²) in [5.41, 5.74) is 9.41. The number of ketones is 1. The van der Waals surface area contributed by atoms with Gasteiger partial charge in [0.05, 0.1) is 0 Å². The minimum atomic E-state index is -0.351. The fourth-order valence-corrected chi connectivity index (χ4v) is 4.67. The summed E-state index contributed by atoms with van der Waals surface area (Å²) in [5.74, 6) is -0.611. The first kappa shape index (κ1) is 24.0. The van der Waals surface area contributed by atoms with Crippen molar-refractivity contribution in [1.29, 1.82) is 0 Å². The number of aryl methyl sites for hydroxylation is 2. The van der Waals surface area contributed by atoms with Crippen LogP contribution in [0.5, 0.6) is 0 Å². The summed E-state index contributed by atoms with van der Waals surface area (Å²) in [7, 11) is 0. The predicted octanol–water partition coefficient (Wildman–Crippen LogP) is 2.89. The molecule has 180 valence electrons. The normalized spacial score (nSPS) is 15.9. The molecular formula is C27H34N4O3. The van der Waals surface area contributed by atoms with E-state index in [-0.39, 0.29) is 30.4 Å². The highest BCUT2D eigenvalue weighted by Gasteiger charge is 2.18. The number of rotatable bonds is 8. The standard InChI is InChI=1S/C27H34N4O3/c32-25(23-11-10-21-6-4-5-7-22(21)20-23)12-13-26(33)28-29-27(34)14-15-30-16-18-31(19-17-30)24-8-2-1-3-9-24/h1-3,8-11,20H,4-7,12-19H2,(H,28,33)(H,29,34). The van der Waals surface area contributed by atoms with Crippen molar-refractivity contribution < 1.29 is 14.4 Å². The van der Waals surface area contributed by atoms with Crippen LogP contribution in [0.1, 0.15) is 53.6 Å². The van der Waals surface area contributed by atoms with Crippen LogP contribution in [0.4, 0.5) is 5.69 Å². The van der Waals surface area contributed by atoms with Crippen molar-refractivity contribution in [3.8, 4) is 0 Å². The summed E-state index contributed by atoms with van der Waals surface area (Å²) in [4.78, 5) is 41.3. The van der Waals surface area contributed by atoms with Crippen LogP contribution in [0.15, 0.2) is 48.5 Å². The number of hydrogen-bond donors (Lipinski definition) is 2. The lowest BCUT2D eigenvalue weighted by Gasteiger charge is -2.36. The molecule has 2 N–H and O–H groups in total. The van der Waals surface area contributed by atoms with Crippen molar-refractivity contribution in [1.82, 2.24) is 15.8 Å². The molecule has 0 bridgehead atoms. The summed E-state index contributed by atoms with van der Waals surface area (Å²) in [6, 6.07) is 16.2. The minimum absolute atomic E-state index is 0.0375. The number of carbonyl (C=O) groups excluding carboxylic acids is 3. The Morgan fingerprint density at radius 1 is 0.735 bits per heavy atom. The molecule has 1 aliphatic carbocycles. The van der Waals surface area contributed by atoms with Crippen molar-refractivity contribution in [2.45, 2.75) is 44.9 Å². The first-order chi connectivity index (χ1) is 16.6. The first-order valence-electron chi connectivity index (χ1n) is 12.3. The Morgan fingerprint density at radius 2 is 1.41 bits per heavy atom. The van der Waals surface area contributed by atoms with E-state index in [9.17, 15) is 14.4 Å². The van der Waals surface area contributed by atoms with Crippen molar-refractivity contribution in [2.24, 2.45) is 0 Å². The maximum Gasteiger partial charge on any atom is 0.239 e. The summed E-state index contributed by atoms with van der Waals surface area (Å²) < 4.78 is 0. The zero-order valence-electron chi connectivity index (χ0n) is 19.7. The molecule has 1 saturated heterocycles. The number of piperazine rings is 1. The van der Waals surface area contributed by atoms with E-state index in [0.29, 0.717) is 18.5 Å². The summed E-state index contributed by atoms with van der Waals surface area (Å²) in [6.07, 6.45) is 4.97. The Morgan fingerprint density at radius 3 is 2.15 bits per heavy atom. The number of hydrogen-bond acceptors (Lipinski definition) is 5. The van der Waals surface area contributed by atoms with Crippen LogP contribution in [0, 0.1) is 0 Å². The Bertz CT molecular complexity index is 1000. The van der Waals surface area contributed by atoms with E-state index in [4.69, 9.17) is 0 Å². The Labute approximate surface area is 201 Å². The fraction of sp³-hybridized carbons (Fsp3) is 0.444. The van der Waals surface area contributed by atoms with Gasteiger partial charge in [-0.3, -0.25) is 30.1 Å². The number of amides is 2. The zero-order chi connectivity index (χ0) is 23.8. The third kappa shape index (κ3) is 6.67. The third-order valence-corrected chi connectivity index (χ3v) is 6.74. The van der Waals surface area contributed by atoms with E-state index < -0.39 is 0 Å². The molecule has 2 amide bonds. The van der Waals surface area contributed by atoms with Gasteiger partial charge in [-0.2, -0.15) is 0 Å². The lowest BCUT2D eigenvalue weighted by atomic mass is 9.89. The highest BCUT2D eigenvalue weighted by molar-refractivity contribution is 5.98. The predicted molar refractivity (Wildman–Crippen MR) is 133 cm³/mol. The monoisotopic (exact) mass is 462 g/mol. The molecule has 1 fully saturated rings. The van der Waals surface area contributed by atoms with Crippen LogP contribution in [-0.2, 0) is 22.4 Å². The molecule has 0 aromatic heterocycles. The number of nitrogens with zero attached hydrogens (tertiary/aromatic N) is 2. The highest BCUT2D eigenvalue weighted by atomic mass is 16.2. The van der Waals surface area contributed by atoms with E-state index in [0.717, 1.165) is 45.4 Å². The molecule has 0 spiro atoms. The molecule has 0 radical (unpaired) electrons. The highest BCUT2D eigenvalue weighted by Crippen LogP contribution is 2.23. The Hall–Kier alpha value is -3.19. The van der Waals surface area contributed by atoms with E-state index in [1.807, 2.05) is 36.4 Å². The van der Waals surface area contributed by atoms with Gasteiger partial charge < -0.3 is 4.90 Å². The molecule has 2 aromatic carbocycles. The van der Waals surface area contributed by atoms with Crippen LogP contribution in [0.2, 0.25) is 0 Å². The smallest absolute Gasteiger partial charge is 0.239 e. The molecule has 7 nitrogen and oxygen atoms in total. The molecule has 2 aliphatic rings. The van der Waals surface area contributed by atoms with Crippen molar-refractivity contribution in [3.05, 3.63) is 65.2 Å². The Balaban J connectivity index is 1.10. The van der Waals surface area contributed by atoms with Crippen LogP contribution in [0.3, 0.4) is 0 Å². The van der Waals surface area contributed by atoms with Gasteiger partial charge >= 0.3 is 0 Å². The average molecular weight is 463 g/mol. The second-order valence-electron chi connectivity index (χ2n) is 9.12. The maximum atomic E-state index is 12.5. The number of hydrazine groups is 1. The van der Waals surface area contributed by atoms with Gasteiger partial charge in [0.1, 0.15) is 0 Å². The lowest BCUT2D eigenvalue weighted by Crippen LogP contribution is -2.48. The maximum absolute atomic E-state index is 12.5. The quantitative estimate of drug-likeness (QED) is 0.466. The second-order valence-corrected chi connectivity index (χ2v) is 9.12. The molecule has 0 atom stereocenters.